The topological polar surface area (TPSA) is 0 Å². The summed E-state index contributed by atoms with van der Waals surface area (Å²) in [6.45, 7) is 0. The van der Waals surface area contributed by atoms with Crippen LogP contribution in [0.1, 0.15) is 0 Å². The highest BCUT2D eigenvalue weighted by Gasteiger charge is 2.19. The third kappa shape index (κ3) is 7.04. The maximum atomic E-state index is 11.8. The molecule has 0 bridgehead atoms. The van der Waals surface area contributed by atoms with Crippen LogP contribution in [0.15, 0.2) is 9.47 Å². The van der Waals surface area contributed by atoms with Gasteiger partial charge in [-0.1, -0.05) is 0 Å². The van der Waals surface area contributed by atoms with Crippen molar-refractivity contribution < 1.29 is 8.78 Å². The maximum absolute atomic E-state index is 11.8. The summed E-state index contributed by atoms with van der Waals surface area (Å²) >= 11 is 7.67. The Bertz CT molecular complexity index is 99.6. The highest BCUT2D eigenvalue weighted by atomic mass is 79.9. The van der Waals surface area contributed by atoms with Gasteiger partial charge in [0.15, 0.2) is 0 Å². The lowest BCUT2D eigenvalue weighted by atomic mass is 10.7. The fraction of sp³-hybridized carbons (Fsp3) is 0.333. The van der Waals surface area contributed by atoms with Crippen LogP contribution in [0.25, 0.3) is 0 Å². The van der Waals surface area contributed by atoms with E-state index in [1.807, 2.05) is 0 Å². The molecular weight excluding hydrogens is 314 g/mol. The molecule has 5 heteroatoms. The molecule has 0 unspecified atom stereocenters. The molecule has 0 saturated carbocycles. The van der Waals surface area contributed by atoms with Gasteiger partial charge in [0.25, 0.3) is 0 Å². The first kappa shape index (κ1) is 9.04. The molecule has 0 aromatic heterocycles. The molecule has 0 heterocycles. The summed E-state index contributed by atoms with van der Waals surface area (Å²) in [6, 6.07) is 0. The van der Waals surface area contributed by atoms with Crippen LogP contribution < -0.4 is 0 Å². The highest BCUT2D eigenvalue weighted by molar-refractivity contribution is 9.28. The Labute approximate surface area is 70.7 Å². The maximum Gasteiger partial charge on any atom is 0.321 e. The third-order valence-corrected chi connectivity index (χ3v) is 0.960. The molecule has 8 heavy (non-hydrogen) atoms. The Hall–Kier alpha value is 1.04. The van der Waals surface area contributed by atoms with Crippen LogP contribution in [-0.4, -0.2) is 4.83 Å². The minimum atomic E-state index is -2.92. The van der Waals surface area contributed by atoms with Crippen molar-refractivity contribution in [1.29, 1.82) is 0 Å². The van der Waals surface area contributed by atoms with Gasteiger partial charge in [0.05, 0.1) is 3.39 Å². The van der Waals surface area contributed by atoms with Gasteiger partial charge >= 0.3 is 4.83 Å². The van der Waals surface area contributed by atoms with Crippen molar-refractivity contribution >= 4 is 47.8 Å². The van der Waals surface area contributed by atoms with E-state index in [4.69, 9.17) is 0 Å². The molecule has 0 saturated heterocycles. The predicted octanol–water partition coefficient (Wildman–Crippen LogP) is 3.61. The minimum Gasteiger partial charge on any atom is -0.189 e. The van der Waals surface area contributed by atoms with E-state index >= 15 is 0 Å². The van der Waals surface area contributed by atoms with E-state index in [2.05, 4.69) is 47.8 Å². The SMILES string of the molecule is FC(F)(Br)C=C(Br)Br. The molecule has 0 aromatic carbocycles. The summed E-state index contributed by atoms with van der Waals surface area (Å²) in [6.07, 6.45) is 0.688. The van der Waals surface area contributed by atoms with Gasteiger partial charge in [-0.25, -0.2) is 0 Å². The second kappa shape index (κ2) is 3.27. The van der Waals surface area contributed by atoms with Crippen molar-refractivity contribution in [2.45, 2.75) is 4.83 Å². The first-order valence-corrected chi connectivity index (χ1v) is 3.90. The quantitative estimate of drug-likeness (QED) is 0.649. The van der Waals surface area contributed by atoms with E-state index in [-0.39, 0.29) is 3.39 Å². The molecule has 0 amide bonds. The Balaban J connectivity index is 3.89. The van der Waals surface area contributed by atoms with Crippen molar-refractivity contribution in [2.75, 3.05) is 0 Å². The Morgan fingerprint density at radius 3 is 1.75 bits per heavy atom. The van der Waals surface area contributed by atoms with Gasteiger partial charge in [0.2, 0.25) is 0 Å². The zero-order chi connectivity index (χ0) is 6.78. The smallest absolute Gasteiger partial charge is 0.189 e. The number of allylic oxidation sites excluding steroid dienone is 1. The number of alkyl halides is 3. The number of hydrogen-bond acceptors (Lipinski definition) is 0. The number of halogens is 5. The standard InChI is InChI=1S/C3HBr3F2/c4-2(5)1-3(6,7)8/h1H. The van der Waals surface area contributed by atoms with Gasteiger partial charge in [-0.05, 0) is 47.8 Å². The molecule has 0 atom stereocenters. The first-order valence-electron chi connectivity index (χ1n) is 1.52. The van der Waals surface area contributed by atoms with Crippen LogP contribution in [0.4, 0.5) is 8.78 Å². The van der Waals surface area contributed by atoms with Crippen LogP contribution in [0.3, 0.4) is 0 Å². The molecule has 0 radical (unpaired) electrons. The Morgan fingerprint density at radius 1 is 1.38 bits per heavy atom. The lowest BCUT2D eigenvalue weighted by molar-refractivity contribution is 0.171. The van der Waals surface area contributed by atoms with Crippen molar-refractivity contribution in [3.05, 3.63) is 9.47 Å². The average Bonchev–Trinajstić information content (AvgIpc) is 1.21. The molecule has 0 aliphatic heterocycles. The largest absolute Gasteiger partial charge is 0.321 e. The van der Waals surface area contributed by atoms with Crippen LogP contribution in [0.5, 0.6) is 0 Å². The molecule has 0 spiro atoms. The summed E-state index contributed by atoms with van der Waals surface area (Å²) < 4.78 is 23.7. The predicted molar refractivity (Wildman–Crippen MR) is 39.8 cm³/mol. The number of rotatable bonds is 1. The van der Waals surface area contributed by atoms with E-state index in [1.54, 1.807) is 0 Å². The summed E-state index contributed by atoms with van der Waals surface area (Å²) in [4.78, 5) is -2.92. The van der Waals surface area contributed by atoms with Gasteiger partial charge in [-0.3, -0.25) is 0 Å². The summed E-state index contributed by atoms with van der Waals surface area (Å²) in [5.74, 6) is 0. The first-order chi connectivity index (χ1) is 3.42. The minimum absolute atomic E-state index is 0.229. The highest BCUT2D eigenvalue weighted by Crippen LogP contribution is 2.28. The molecule has 0 aliphatic carbocycles. The van der Waals surface area contributed by atoms with E-state index < -0.39 is 4.83 Å². The summed E-state index contributed by atoms with van der Waals surface area (Å²) in [5.41, 5.74) is 0. The second-order valence-electron chi connectivity index (χ2n) is 0.976. The summed E-state index contributed by atoms with van der Waals surface area (Å²) in [5, 5.41) is 0. The van der Waals surface area contributed by atoms with E-state index in [1.165, 1.54) is 0 Å². The van der Waals surface area contributed by atoms with Crippen LogP contribution >= 0.6 is 47.8 Å². The average molecular weight is 315 g/mol. The van der Waals surface area contributed by atoms with Crippen LogP contribution in [0.2, 0.25) is 0 Å². The molecule has 0 rings (SSSR count). The lowest BCUT2D eigenvalue weighted by Crippen LogP contribution is -1.96. The molecule has 0 aromatic rings. The van der Waals surface area contributed by atoms with E-state index in [0.29, 0.717) is 6.08 Å². The zero-order valence-corrected chi connectivity index (χ0v) is 8.23. The van der Waals surface area contributed by atoms with Crippen molar-refractivity contribution in [3.8, 4) is 0 Å². The van der Waals surface area contributed by atoms with Gasteiger partial charge in [-0.2, -0.15) is 8.78 Å². The van der Waals surface area contributed by atoms with Crippen molar-refractivity contribution in [2.24, 2.45) is 0 Å². The third-order valence-electron chi connectivity index (χ3n) is 0.273. The molecule has 48 valence electrons. The molecule has 0 nitrogen and oxygen atoms in total. The number of hydrogen-bond donors (Lipinski definition) is 0. The summed E-state index contributed by atoms with van der Waals surface area (Å²) in [7, 11) is 0. The van der Waals surface area contributed by atoms with Gasteiger partial charge in [-0.15, -0.1) is 0 Å². The fourth-order valence-electron chi connectivity index (χ4n) is 0.124. The Morgan fingerprint density at radius 2 is 1.75 bits per heavy atom. The van der Waals surface area contributed by atoms with E-state index in [9.17, 15) is 8.78 Å². The van der Waals surface area contributed by atoms with Gasteiger partial charge < -0.3 is 0 Å². The molecule has 0 fully saturated rings. The fourth-order valence-corrected chi connectivity index (χ4v) is 1.54. The van der Waals surface area contributed by atoms with Gasteiger partial charge in [0, 0.05) is 6.08 Å². The Kier molecular flexibility index (Phi) is 3.69. The monoisotopic (exact) mass is 312 g/mol. The normalized spacial score (nSPS) is 11.1. The van der Waals surface area contributed by atoms with Crippen LogP contribution in [-0.2, 0) is 0 Å². The lowest BCUT2D eigenvalue weighted by Gasteiger charge is -1.97. The van der Waals surface area contributed by atoms with Crippen molar-refractivity contribution in [3.63, 3.8) is 0 Å². The van der Waals surface area contributed by atoms with Crippen LogP contribution in [0, 0.1) is 0 Å². The second-order valence-corrected chi connectivity index (χ2v) is 4.81. The van der Waals surface area contributed by atoms with Gasteiger partial charge in [0.1, 0.15) is 0 Å². The molecular formula is C3HBr3F2. The zero-order valence-electron chi connectivity index (χ0n) is 3.47. The van der Waals surface area contributed by atoms with E-state index in [0.717, 1.165) is 0 Å². The van der Waals surface area contributed by atoms with Crippen molar-refractivity contribution in [1.82, 2.24) is 0 Å². The molecule has 0 N–H and O–H groups in total. The molecule has 0 aliphatic rings.